The molecule has 0 aliphatic heterocycles. The summed E-state index contributed by atoms with van der Waals surface area (Å²) in [6, 6.07) is 9.82. The van der Waals surface area contributed by atoms with Crippen molar-refractivity contribution in [3.8, 4) is 11.3 Å². The first kappa shape index (κ1) is 14.6. The summed E-state index contributed by atoms with van der Waals surface area (Å²) >= 11 is 3.82. The van der Waals surface area contributed by atoms with Crippen LogP contribution in [0.15, 0.2) is 35.1 Å². The Kier molecular flexibility index (Phi) is 5.04. The molecule has 0 aliphatic carbocycles. The van der Waals surface area contributed by atoms with Crippen molar-refractivity contribution in [1.29, 1.82) is 0 Å². The molecule has 0 atom stereocenters. The van der Waals surface area contributed by atoms with E-state index in [1.165, 1.54) is 0 Å². The van der Waals surface area contributed by atoms with Crippen molar-refractivity contribution in [3.05, 3.63) is 50.1 Å². The van der Waals surface area contributed by atoms with Crippen LogP contribution in [-0.2, 0) is 5.75 Å². The maximum atomic E-state index is 12.0. The summed E-state index contributed by atoms with van der Waals surface area (Å²) in [7, 11) is 0. The van der Waals surface area contributed by atoms with Gasteiger partial charge < -0.3 is 4.98 Å². The van der Waals surface area contributed by atoms with E-state index in [1.807, 2.05) is 30.3 Å². The molecule has 2 rings (SSSR count). The Morgan fingerprint density at radius 3 is 2.63 bits per heavy atom. The molecule has 100 valence electrons. The normalized spacial score (nSPS) is 10.9. The van der Waals surface area contributed by atoms with Crippen molar-refractivity contribution in [3.63, 3.8) is 0 Å². The molecule has 0 amide bonds. The predicted molar refractivity (Wildman–Crippen MR) is 89.4 cm³/mol. The Bertz CT molecular complexity index is 611. The van der Waals surface area contributed by atoms with E-state index in [-0.39, 0.29) is 5.56 Å². The lowest BCUT2D eigenvalue weighted by Gasteiger charge is -2.08. The molecule has 0 saturated heterocycles. The van der Waals surface area contributed by atoms with Gasteiger partial charge in [0.1, 0.15) is 9.39 Å². The first-order valence-corrected chi connectivity index (χ1v) is 8.16. The van der Waals surface area contributed by atoms with E-state index in [2.05, 4.69) is 46.4 Å². The van der Waals surface area contributed by atoms with E-state index in [0.717, 1.165) is 22.8 Å². The number of halogens is 1. The standard InChI is InChI=1S/C14H15IN2OS/c1-9(2)19-8-11-16-13(12(15)14(18)17-11)10-6-4-3-5-7-10/h3-7,9H,8H2,1-2H3,(H,16,17,18). The fourth-order valence-corrected chi connectivity index (χ4v) is 2.80. The highest BCUT2D eigenvalue weighted by atomic mass is 127. The molecule has 0 fully saturated rings. The van der Waals surface area contributed by atoms with Gasteiger partial charge >= 0.3 is 0 Å². The zero-order valence-electron chi connectivity index (χ0n) is 10.8. The first-order valence-electron chi connectivity index (χ1n) is 6.03. The number of aromatic amines is 1. The lowest BCUT2D eigenvalue weighted by atomic mass is 10.1. The number of thioether (sulfide) groups is 1. The third-order valence-corrected chi connectivity index (χ3v) is 4.62. The smallest absolute Gasteiger partial charge is 0.264 e. The van der Waals surface area contributed by atoms with E-state index >= 15 is 0 Å². The highest BCUT2D eigenvalue weighted by Gasteiger charge is 2.11. The number of benzene rings is 1. The Morgan fingerprint density at radius 1 is 1.32 bits per heavy atom. The summed E-state index contributed by atoms with van der Waals surface area (Å²) in [5, 5.41) is 0.518. The average molecular weight is 386 g/mol. The van der Waals surface area contributed by atoms with Crippen LogP contribution in [0.25, 0.3) is 11.3 Å². The molecule has 0 unspecified atom stereocenters. The summed E-state index contributed by atoms with van der Waals surface area (Å²) < 4.78 is 0.641. The van der Waals surface area contributed by atoms with Gasteiger partial charge in [0.05, 0.1) is 11.4 Å². The van der Waals surface area contributed by atoms with Gasteiger partial charge in [-0.3, -0.25) is 4.79 Å². The number of H-pyrrole nitrogens is 1. The van der Waals surface area contributed by atoms with Crippen LogP contribution >= 0.6 is 34.4 Å². The van der Waals surface area contributed by atoms with E-state index in [4.69, 9.17) is 0 Å². The van der Waals surface area contributed by atoms with Crippen LogP contribution in [0.1, 0.15) is 19.7 Å². The quantitative estimate of drug-likeness (QED) is 0.816. The van der Waals surface area contributed by atoms with E-state index < -0.39 is 0 Å². The van der Waals surface area contributed by atoms with Gasteiger partial charge in [-0.1, -0.05) is 44.2 Å². The largest absolute Gasteiger partial charge is 0.309 e. The van der Waals surface area contributed by atoms with Crippen molar-refractivity contribution in [2.24, 2.45) is 0 Å². The van der Waals surface area contributed by atoms with Crippen LogP contribution in [0.2, 0.25) is 0 Å². The highest BCUT2D eigenvalue weighted by Crippen LogP contribution is 2.21. The molecule has 1 N–H and O–H groups in total. The number of nitrogens with zero attached hydrogens (tertiary/aromatic N) is 1. The van der Waals surface area contributed by atoms with Gasteiger partial charge in [-0.05, 0) is 27.8 Å². The zero-order valence-corrected chi connectivity index (χ0v) is 13.8. The van der Waals surface area contributed by atoms with Crippen molar-refractivity contribution >= 4 is 34.4 Å². The van der Waals surface area contributed by atoms with E-state index in [1.54, 1.807) is 11.8 Å². The summed E-state index contributed by atoms with van der Waals surface area (Å²) in [5.74, 6) is 1.46. The van der Waals surface area contributed by atoms with Crippen LogP contribution < -0.4 is 5.56 Å². The van der Waals surface area contributed by atoms with Crippen molar-refractivity contribution < 1.29 is 0 Å². The molecule has 0 aliphatic rings. The third-order valence-electron chi connectivity index (χ3n) is 2.51. The third kappa shape index (κ3) is 3.82. The van der Waals surface area contributed by atoms with E-state index in [9.17, 15) is 4.79 Å². The molecule has 0 spiro atoms. The molecule has 1 heterocycles. The summed E-state index contributed by atoms with van der Waals surface area (Å²) in [6.45, 7) is 4.27. The number of nitrogens with one attached hydrogen (secondary N) is 1. The summed E-state index contributed by atoms with van der Waals surface area (Å²) in [5.41, 5.74) is 1.69. The number of hydrogen-bond acceptors (Lipinski definition) is 3. The number of rotatable bonds is 4. The van der Waals surface area contributed by atoms with E-state index in [0.29, 0.717) is 8.82 Å². The summed E-state index contributed by atoms with van der Waals surface area (Å²) in [4.78, 5) is 19.4. The minimum absolute atomic E-state index is 0.0613. The van der Waals surface area contributed by atoms with Crippen molar-refractivity contribution in [1.82, 2.24) is 9.97 Å². The number of aromatic nitrogens is 2. The van der Waals surface area contributed by atoms with Gasteiger partial charge in [0.15, 0.2) is 0 Å². The molecule has 3 nitrogen and oxygen atoms in total. The number of hydrogen-bond donors (Lipinski definition) is 1. The van der Waals surface area contributed by atoms with Crippen LogP contribution in [0.5, 0.6) is 0 Å². The fourth-order valence-electron chi connectivity index (χ4n) is 1.61. The van der Waals surface area contributed by atoms with Gasteiger partial charge in [-0.15, -0.1) is 0 Å². The molecule has 5 heteroatoms. The lowest BCUT2D eigenvalue weighted by molar-refractivity contribution is 0.988. The van der Waals surface area contributed by atoms with Crippen LogP contribution in [-0.4, -0.2) is 15.2 Å². The molecule has 0 radical (unpaired) electrons. The van der Waals surface area contributed by atoms with Gasteiger partial charge in [0, 0.05) is 5.56 Å². The summed E-state index contributed by atoms with van der Waals surface area (Å²) in [6.07, 6.45) is 0. The Hall–Kier alpha value is -0.820. The molecule has 2 aromatic rings. The molecule has 0 saturated carbocycles. The molecular formula is C14H15IN2OS. The second kappa shape index (κ2) is 6.56. The van der Waals surface area contributed by atoms with Gasteiger partial charge in [-0.25, -0.2) is 4.98 Å². The van der Waals surface area contributed by atoms with Gasteiger partial charge in [0.2, 0.25) is 0 Å². The van der Waals surface area contributed by atoms with Gasteiger partial charge in [-0.2, -0.15) is 11.8 Å². The topological polar surface area (TPSA) is 45.8 Å². The first-order chi connectivity index (χ1) is 9.08. The average Bonchev–Trinajstić information content (AvgIpc) is 2.41. The van der Waals surface area contributed by atoms with Crippen LogP contribution in [0.4, 0.5) is 0 Å². The fraction of sp³-hybridized carbons (Fsp3) is 0.286. The van der Waals surface area contributed by atoms with Crippen LogP contribution in [0, 0.1) is 3.57 Å². The second-order valence-corrected chi connectivity index (χ2v) is 7.04. The van der Waals surface area contributed by atoms with Gasteiger partial charge in [0.25, 0.3) is 5.56 Å². The van der Waals surface area contributed by atoms with Crippen molar-refractivity contribution in [2.45, 2.75) is 24.9 Å². The SMILES string of the molecule is CC(C)SCc1nc(-c2ccccc2)c(I)c(=O)[nH]1. The Labute approximate surface area is 130 Å². The molecule has 1 aromatic heterocycles. The Balaban J connectivity index is 2.41. The maximum Gasteiger partial charge on any atom is 0.264 e. The Morgan fingerprint density at radius 2 is 2.00 bits per heavy atom. The molecule has 0 bridgehead atoms. The monoisotopic (exact) mass is 386 g/mol. The zero-order chi connectivity index (χ0) is 13.8. The second-order valence-electron chi connectivity index (χ2n) is 4.40. The molecule has 1 aromatic carbocycles. The van der Waals surface area contributed by atoms with Crippen molar-refractivity contribution in [2.75, 3.05) is 0 Å². The molecule has 19 heavy (non-hydrogen) atoms. The lowest BCUT2D eigenvalue weighted by Crippen LogP contribution is -2.16. The minimum atomic E-state index is -0.0613. The predicted octanol–water partition coefficient (Wildman–Crippen LogP) is 3.68. The maximum absolute atomic E-state index is 12.0. The minimum Gasteiger partial charge on any atom is -0.309 e. The van der Waals surface area contributed by atoms with Crippen LogP contribution in [0.3, 0.4) is 0 Å². The highest BCUT2D eigenvalue weighted by molar-refractivity contribution is 14.1. The molecular weight excluding hydrogens is 371 g/mol.